The van der Waals surface area contributed by atoms with E-state index in [1.807, 2.05) is 0 Å². The SMILES string of the molecule is COc1c(N)ncnc1Sc1ncc[nH]1. The summed E-state index contributed by atoms with van der Waals surface area (Å²) in [6, 6.07) is 0. The molecule has 7 heteroatoms. The summed E-state index contributed by atoms with van der Waals surface area (Å²) in [6.07, 6.45) is 4.79. The van der Waals surface area contributed by atoms with Gasteiger partial charge in [0, 0.05) is 12.4 Å². The molecule has 0 amide bonds. The number of hydrogen-bond donors (Lipinski definition) is 2. The molecule has 0 bridgehead atoms. The van der Waals surface area contributed by atoms with Crippen LogP contribution in [0.3, 0.4) is 0 Å². The Morgan fingerprint density at radius 1 is 1.40 bits per heavy atom. The molecule has 0 unspecified atom stereocenters. The molecule has 0 aliphatic heterocycles. The Morgan fingerprint density at radius 3 is 2.93 bits per heavy atom. The van der Waals surface area contributed by atoms with Crippen LogP contribution in [0.1, 0.15) is 0 Å². The highest BCUT2D eigenvalue weighted by Crippen LogP contribution is 2.33. The van der Waals surface area contributed by atoms with Crippen LogP contribution in [0.4, 0.5) is 5.82 Å². The van der Waals surface area contributed by atoms with Crippen LogP contribution in [0, 0.1) is 0 Å². The lowest BCUT2D eigenvalue weighted by atomic mass is 10.5. The van der Waals surface area contributed by atoms with Gasteiger partial charge in [-0.15, -0.1) is 0 Å². The van der Waals surface area contributed by atoms with Gasteiger partial charge in [0.25, 0.3) is 0 Å². The molecule has 0 fully saturated rings. The first-order valence-electron chi connectivity index (χ1n) is 4.13. The number of methoxy groups -OCH3 is 1. The van der Waals surface area contributed by atoms with E-state index < -0.39 is 0 Å². The Balaban J connectivity index is 2.32. The fourth-order valence-electron chi connectivity index (χ4n) is 1.03. The smallest absolute Gasteiger partial charge is 0.193 e. The summed E-state index contributed by atoms with van der Waals surface area (Å²) < 4.78 is 5.11. The number of nitrogens with zero attached hydrogens (tertiary/aromatic N) is 3. The first-order valence-corrected chi connectivity index (χ1v) is 4.94. The number of nitrogens with one attached hydrogen (secondary N) is 1. The second-order valence-corrected chi connectivity index (χ2v) is 3.57. The summed E-state index contributed by atoms with van der Waals surface area (Å²) >= 11 is 1.34. The minimum Gasteiger partial charge on any atom is -0.490 e. The van der Waals surface area contributed by atoms with Crippen molar-refractivity contribution in [3.63, 3.8) is 0 Å². The Bertz CT molecular complexity index is 444. The number of ether oxygens (including phenoxy) is 1. The van der Waals surface area contributed by atoms with Gasteiger partial charge in [-0.1, -0.05) is 0 Å². The first kappa shape index (κ1) is 9.78. The van der Waals surface area contributed by atoms with E-state index >= 15 is 0 Å². The largest absolute Gasteiger partial charge is 0.490 e. The van der Waals surface area contributed by atoms with Gasteiger partial charge in [0.1, 0.15) is 6.33 Å². The van der Waals surface area contributed by atoms with Crippen molar-refractivity contribution in [3.05, 3.63) is 18.7 Å². The van der Waals surface area contributed by atoms with E-state index in [9.17, 15) is 0 Å². The maximum Gasteiger partial charge on any atom is 0.193 e. The molecule has 0 aliphatic carbocycles. The van der Waals surface area contributed by atoms with Crippen LogP contribution in [-0.4, -0.2) is 27.0 Å². The maximum absolute atomic E-state index is 5.64. The van der Waals surface area contributed by atoms with E-state index in [1.54, 1.807) is 12.4 Å². The number of aromatic amines is 1. The highest BCUT2D eigenvalue weighted by molar-refractivity contribution is 7.99. The van der Waals surface area contributed by atoms with Gasteiger partial charge in [-0.25, -0.2) is 15.0 Å². The first-order chi connectivity index (χ1) is 7.31. The Hall–Kier alpha value is -1.76. The predicted molar refractivity (Wildman–Crippen MR) is 55.7 cm³/mol. The van der Waals surface area contributed by atoms with Gasteiger partial charge in [-0.2, -0.15) is 0 Å². The summed E-state index contributed by atoms with van der Waals surface area (Å²) in [5, 5.41) is 1.37. The molecule has 3 N–H and O–H groups in total. The molecule has 0 saturated carbocycles. The number of rotatable bonds is 3. The molecule has 2 heterocycles. The molecule has 0 radical (unpaired) electrons. The second kappa shape index (κ2) is 4.18. The minimum absolute atomic E-state index is 0.321. The van der Waals surface area contributed by atoms with Crippen LogP contribution in [-0.2, 0) is 0 Å². The number of imidazole rings is 1. The highest BCUT2D eigenvalue weighted by Gasteiger charge is 2.11. The Morgan fingerprint density at radius 2 is 2.27 bits per heavy atom. The molecular weight excluding hydrogens is 214 g/mol. The quantitative estimate of drug-likeness (QED) is 0.753. The molecule has 0 aliphatic rings. The molecule has 2 rings (SSSR count). The van der Waals surface area contributed by atoms with Crippen LogP contribution < -0.4 is 10.5 Å². The van der Waals surface area contributed by atoms with Crippen molar-refractivity contribution in [3.8, 4) is 5.75 Å². The van der Waals surface area contributed by atoms with Crippen molar-refractivity contribution >= 4 is 17.6 Å². The van der Waals surface area contributed by atoms with Crippen LogP contribution in [0.15, 0.2) is 28.9 Å². The van der Waals surface area contributed by atoms with E-state index in [2.05, 4.69) is 19.9 Å². The fourth-order valence-corrected chi connectivity index (χ4v) is 1.84. The summed E-state index contributed by atoms with van der Waals surface area (Å²) in [5.41, 5.74) is 5.64. The zero-order chi connectivity index (χ0) is 10.7. The number of H-pyrrole nitrogens is 1. The van der Waals surface area contributed by atoms with Gasteiger partial charge >= 0.3 is 0 Å². The topological polar surface area (TPSA) is 89.7 Å². The van der Waals surface area contributed by atoms with E-state index in [0.717, 1.165) is 5.16 Å². The van der Waals surface area contributed by atoms with Crippen LogP contribution in [0.5, 0.6) is 5.75 Å². The fraction of sp³-hybridized carbons (Fsp3) is 0.125. The third kappa shape index (κ3) is 2.01. The number of anilines is 1. The predicted octanol–water partition coefficient (Wildman–Crippen LogP) is 0.942. The normalized spacial score (nSPS) is 10.2. The molecule has 15 heavy (non-hydrogen) atoms. The van der Waals surface area contributed by atoms with Crippen molar-refractivity contribution < 1.29 is 4.74 Å². The van der Waals surface area contributed by atoms with Gasteiger partial charge < -0.3 is 15.5 Å². The molecular formula is C8H9N5OS. The molecule has 2 aromatic heterocycles. The second-order valence-electron chi connectivity index (χ2n) is 2.59. The molecule has 0 aromatic carbocycles. The third-order valence-electron chi connectivity index (χ3n) is 1.67. The number of aromatic nitrogens is 4. The molecule has 78 valence electrons. The van der Waals surface area contributed by atoms with Gasteiger partial charge in [0.2, 0.25) is 0 Å². The summed E-state index contributed by atoms with van der Waals surface area (Å²) in [5.74, 6) is 0.792. The third-order valence-corrected chi connectivity index (χ3v) is 2.57. The maximum atomic E-state index is 5.64. The molecule has 6 nitrogen and oxygen atoms in total. The minimum atomic E-state index is 0.321. The zero-order valence-electron chi connectivity index (χ0n) is 7.97. The van der Waals surface area contributed by atoms with E-state index in [0.29, 0.717) is 16.6 Å². The van der Waals surface area contributed by atoms with Gasteiger partial charge in [-0.05, 0) is 11.8 Å². The van der Waals surface area contributed by atoms with Crippen molar-refractivity contribution in [2.45, 2.75) is 10.2 Å². The monoisotopic (exact) mass is 223 g/mol. The lowest BCUT2D eigenvalue weighted by molar-refractivity contribution is 0.401. The molecule has 2 aromatic rings. The summed E-state index contributed by atoms with van der Waals surface area (Å²) in [7, 11) is 1.53. The summed E-state index contributed by atoms with van der Waals surface area (Å²) in [4.78, 5) is 14.9. The lowest BCUT2D eigenvalue weighted by Gasteiger charge is -2.06. The lowest BCUT2D eigenvalue weighted by Crippen LogP contribution is -1.99. The van der Waals surface area contributed by atoms with Crippen LogP contribution in [0.25, 0.3) is 0 Å². The van der Waals surface area contributed by atoms with E-state index in [1.165, 1.54) is 25.2 Å². The highest BCUT2D eigenvalue weighted by atomic mass is 32.2. The molecule has 0 spiro atoms. The molecule has 0 saturated heterocycles. The van der Waals surface area contributed by atoms with Crippen molar-refractivity contribution in [2.75, 3.05) is 12.8 Å². The van der Waals surface area contributed by atoms with Crippen molar-refractivity contribution in [1.82, 2.24) is 19.9 Å². The van der Waals surface area contributed by atoms with E-state index in [-0.39, 0.29) is 0 Å². The number of nitrogens with two attached hydrogens (primary N) is 1. The van der Waals surface area contributed by atoms with Gasteiger partial charge in [0.15, 0.2) is 21.7 Å². The average Bonchev–Trinajstić information content (AvgIpc) is 2.71. The Labute approximate surface area is 90.3 Å². The van der Waals surface area contributed by atoms with Gasteiger partial charge in [-0.3, -0.25) is 0 Å². The molecule has 0 atom stereocenters. The van der Waals surface area contributed by atoms with Crippen molar-refractivity contribution in [1.29, 1.82) is 0 Å². The average molecular weight is 223 g/mol. The van der Waals surface area contributed by atoms with E-state index in [4.69, 9.17) is 10.5 Å². The number of nitrogen functional groups attached to an aromatic ring is 1. The summed E-state index contributed by atoms with van der Waals surface area (Å²) in [6.45, 7) is 0. The van der Waals surface area contributed by atoms with Crippen LogP contribution >= 0.6 is 11.8 Å². The standard InChI is InChI=1S/C8H9N5OS/c1-14-5-6(9)12-4-13-7(5)15-8-10-2-3-11-8/h2-4H,1H3,(H,10,11)(H2,9,12,13). The number of hydrogen-bond acceptors (Lipinski definition) is 6. The van der Waals surface area contributed by atoms with Gasteiger partial charge in [0.05, 0.1) is 7.11 Å². The van der Waals surface area contributed by atoms with Crippen molar-refractivity contribution in [2.24, 2.45) is 0 Å². The zero-order valence-corrected chi connectivity index (χ0v) is 8.78. The van der Waals surface area contributed by atoms with Crippen LogP contribution in [0.2, 0.25) is 0 Å². The Kier molecular flexibility index (Phi) is 2.72.